The fourth-order valence-corrected chi connectivity index (χ4v) is 1.61. The number of carbonyl (C=O) groups is 1. The molecule has 1 aromatic carbocycles. The van der Waals surface area contributed by atoms with Gasteiger partial charge in [-0.2, -0.15) is 0 Å². The first-order valence-electron chi connectivity index (χ1n) is 5.66. The van der Waals surface area contributed by atoms with Gasteiger partial charge in [-0.05, 0) is 26.8 Å². The van der Waals surface area contributed by atoms with Crippen LogP contribution in [0.3, 0.4) is 0 Å². The monoisotopic (exact) mass is 272 g/mol. The van der Waals surface area contributed by atoms with E-state index in [-0.39, 0.29) is 24.4 Å². The minimum Gasteiger partial charge on any atom is -0.496 e. The highest BCUT2D eigenvalue weighted by atomic mass is 35.5. The summed E-state index contributed by atoms with van der Waals surface area (Å²) in [5.41, 5.74) is 7.61. The van der Waals surface area contributed by atoms with Gasteiger partial charge in [-0.1, -0.05) is 17.7 Å². The van der Waals surface area contributed by atoms with Crippen LogP contribution in [0.4, 0.5) is 0 Å². The zero-order valence-corrected chi connectivity index (χ0v) is 12.0. The van der Waals surface area contributed by atoms with E-state index < -0.39 is 6.04 Å². The topological polar surface area (TPSA) is 64.3 Å². The fourth-order valence-electron chi connectivity index (χ4n) is 1.61. The molecule has 0 saturated heterocycles. The number of hydrogen-bond acceptors (Lipinski definition) is 3. The molecule has 0 bridgehead atoms. The van der Waals surface area contributed by atoms with E-state index in [1.807, 2.05) is 32.0 Å². The number of aryl methyl sites for hydroxylation is 1. The third kappa shape index (κ3) is 4.20. The molecule has 0 aliphatic heterocycles. The van der Waals surface area contributed by atoms with Crippen molar-refractivity contribution in [2.45, 2.75) is 32.9 Å². The van der Waals surface area contributed by atoms with E-state index in [1.54, 1.807) is 14.0 Å². The number of methoxy groups -OCH3 is 1. The molecule has 0 aromatic heterocycles. The van der Waals surface area contributed by atoms with Crippen molar-refractivity contribution in [1.82, 2.24) is 5.32 Å². The van der Waals surface area contributed by atoms with Crippen LogP contribution in [0.2, 0.25) is 0 Å². The Kier molecular flexibility index (Phi) is 6.73. The first-order chi connectivity index (χ1) is 7.95. The average Bonchev–Trinajstić information content (AvgIpc) is 2.28. The zero-order valence-electron chi connectivity index (χ0n) is 11.2. The molecule has 0 aliphatic carbocycles. The zero-order chi connectivity index (χ0) is 13.0. The van der Waals surface area contributed by atoms with Crippen LogP contribution in [0.15, 0.2) is 18.2 Å². The predicted molar refractivity (Wildman–Crippen MR) is 75.2 cm³/mol. The Morgan fingerprint density at radius 3 is 2.50 bits per heavy atom. The molecule has 0 heterocycles. The van der Waals surface area contributed by atoms with E-state index in [9.17, 15) is 4.79 Å². The smallest absolute Gasteiger partial charge is 0.237 e. The second-order valence-corrected chi connectivity index (χ2v) is 4.26. The molecule has 2 unspecified atom stereocenters. The van der Waals surface area contributed by atoms with Crippen LogP contribution in [0.25, 0.3) is 0 Å². The van der Waals surface area contributed by atoms with Gasteiger partial charge < -0.3 is 15.8 Å². The lowest BCUT2D eigenvalue weighted by molar-refractivity contribution is -0.122. The number of nitrogens with one attached hydrogen (secondary N) is 1. The minimum atomic E-state index is -0.506. The highest BCUT2D eigenvalue weighted by molar-refractivity contribution is 5.85. The summed E-state index contributed by atoms with van der Waals surface area (Å²) in [6, 6.07) is 5.25. The summed E-state index contributed by atoms with van der Waals surface area (Å²) in [5, 5.41) is 2.85. The maximum Gasteiger partial charge on any atom is 0.237 e. The molecule has 4 nitrogen and oxygen atoms in total. The van der Waals surface area contributed by atoms with Gasteiger partial charge in [-0.3, -0.25) is 4.79 Å². The van der Waals surface area contributed by atoms with E-state index in [4.69, 9.17) is 10.5 Å². The van der Waals surface area contributed by atoms with Crippen LogP contribution < -0.4 is 15.8 Å². The number of halogens is 1. The number of nitrogens with two attached hydrogens (primary N) is 1. The third-order valence-electron chi connectivity index (χ3n) is 2.62. The lowest BCUT2D eigenvalue weighted by Crippen LogP contribution is -2.39. The van der Waals surface area contributed by atoms with Crippen molar-refractivity contribution >= 4 is 18.3 Å². The molecule has 18 heavy (non-hydrogen) atoms. The maximum absolute atomic E-state index is 11.5. The third-order valence-corrected chi connectivity index (χ3v) is 2.62. The standard InChI is InChI=1S/C13H20N2O2.ClH/c1-8-5-6-12(17-4)11(7-8)10(3)15-13(16)9(2)14;/h5-7,9-10H,14H2,1-4H3,(H,15,16);1H. The Hall–Kier alpha value is -1.26. The summed E-state index contributed by atoms with van der Waals surface area (Å²) in [7, 11) is 1.62. The summed E-state index contributed by atoms with van der Waals surface area (Å²) < 4.78 is 5.28. The van der Waals surface area contributed by atoms with Gasteiger partial charge in [-0.15, -0.1) is 12.4 Å². The number of hydrogen-bond donors (Lipinski definition) is 2. The van der Waals surface area contributed by atoms with Gasteiger partial charge in [0.2, 0.25) is 5.91 Å². The first-order valence-corrected chi connectivity index (χ1v) is 5.66. The summed E-state index contributed by atoms with van der Waals surface area (Å²) in [6.07, 6.45) is 0. The molecule has 0 fully saturated rings. The second-order valence-electron chi connectivity index (χ2n) is 4.26. The van der Waals surface area contributed by atoms with Crippen molar-refractivity contribution < 1.29 is 9.53 Å². The van der Waals surface area contributed by atoms with Gasteiger partial charge in [0, 0.05) is 5.56 Å². The van der Waals surface area contributed by atoms with Crippen molar-refractivity contribution in [3.8, 4) is 5.75 Å². The van der Waals surface area contributed by atoms with E-state index in [1.165, 1.54) is 0 Å². The van der Waals surface area contributed by atoms with Crippen LogP contribution >= 0.6 is 12.4 Å². The number of amides is 1. The molecule has 102 valence electrons. The highest BCUT2D eigenvalue weighted by Crippen LogP contribution is 2.25. The Balaban J connectivity index is 0.00000289. The minimum absolute atomic E-state index is 0. The Morgan fingerprint density at radius 2 is 2.00 bits per heavy atom. The van der Waals surface area contributed by atoms with Crippen molar-refractivity contribution in [1.29, 1.82) is 0 Å². The van der Waals surface area contributed by atoms with Crippen LogP contribution in [0, 0.1) is 6.92 Å². The molecule has 1 amide bonds. The Morgan fingerprint density at radius 1 is 1.39 bits per heavy atom. The predicted octanol–water partition coefficient (Wildman–Crippen LogP) is 1.95. The van der Waals surface area contributed by atoms with E-state index >= 15 is 0 Å². The first kappa shape index (κ1) is 16.7. The van der Waals surface area contributed by atoms with Gasteiger partial charge in [0.1, 0.15) is 5.75 Å². The molecule has 5 heteroatoms. The summed E-state index contributed by atoms with van der Waals surface area (Å²) in [6.45, 7) is 5.58. The van der Waals surface area contributed by atoms with Crippen LogP contribution in [-0.4, -0.2) is 19.1 Å². The molecule has 3 N–H and O–H groups in total. The van der Waals surface area contributed by atoms with Gasteiger partial charge in [0.15, 0.2) is 0 Å². The largest absolute Gasteiger partial charge is 0.496 e. The molecule has 0 radical (unpaired) electrons. The van der Waals surface area contributed by atoms with Gasteiger partial charge >= 0.3 is 0 Å². The fraction of sp³-hybridized carbons (Fsp3) is 0.462. The molecule has 0 saturated carbocycles. The summed E-state index contributed by atoms with van der Waals surface area (Å²) >= 11 is 0. The maximum atomic E-state index is 11.5. The molecular formula is C13H21ClN2O2. The number of carbonyl (C=O) groups excluding carboxylic acids is 1. The molecule has 1 rings (SSSR count). The molecule has 0 aliphatic rings. The molecular weight excluding hydrogens is 252 g/mol. The van der Waals surface area contributed by atoms with Crippen LogP contribution in [0.1, 0.15) is 31.0 Å². The Bertz CT molecular complexity index is 408. The van der Waals surface area contributed by atoms with E-state index in [0.717, 1.165) is 16.9 Å². The quantitative estimate of drug-likeness (QED) is 0.881. The van der Waals surface area contributed by atoms with Crippen molar-refractivity contribution in [2.24, 2.45) is 5.73 Å². The average molecular weight is 273 g/mol. The van der Waals surface area contributed by atoms with Crippen molar-refractivity contribution in [2.75, 3.05) is 7.11 Å². The van der Waals surface area contributed by atoms with Crippen molar-refractivity contribution in [3.05, 3.63) is 29.3 Å². The van der Waals surface area contributed by atoms with Crippen molar-refractivity contribution in [3.63, 3.8) is 0 Å². The molecule has 0 spiro atoms. The second kappa shape index (κ2) is 7.24. The molecule has 1 aromatic rings. The van der Waals surface area contributed by atoms with Gasteiger partial charge in [0.25, 0.3) is 0 Å². The summed E-state index contributed by atoms with van der Waals surface area (Å²) in [4.78, 5) is 11.5. The normalized spacial score (nSPS) is 13.2. The van der Waals surface area contributed by atoms with E-state index in [0.29, 0.717) is 0 Å². The number of benzene rings is 1. The van der Waals surface area contributed by atoms with E-state index in [2.05, 4.69) is 5.32 Å². The SMILES string of the molecule is COc1ccc(C)cc1C(C)NC(=O)C(C)N.Cl. The number of rotatable bonds is 4. The van der Waals surface area contributed by atoms with Gasteiger partial charge in [-0.25, -0.2) is 0 Å². The highest BCUT2D eigenvalue weighted by Gasteiger charge is 2.16. The summed E-state index contributed by atoms with van der Waals surface area (Å²) in [5.74, 6) is 0.606. The lowest BCUT2D eigenvalue weighted by Gasteiger charge is -2.19. The lowest BCUT2D eigenvalue weighted by atomic mass is 10.0. The number of ether oxygens (including phenoxy) is 1. The Labute approximate surface area is 114 Å². The van der Waals surface area contributed by atoms with Gasteiger partial charge in [0.05, 0.1) is 19.2 Å². The van der Waals surface area contributed by atoms with Crippen LogP contribution in [-0.2, 0) is 4.79 Å². The molecule has 2 atom stereocenters. The van der Waals surface area contributed by atoms with Crippen LogP contribution in [0.5, 0.6) is 5.75 Å².